The first-order valence-electron chi connectivity index (χ1n) is 7.57. The van der Waals surface area contributed by atoms with Crippen molar-refractivity contribution in [3.8, 4) is 11.5 Å². The van der Waals surface area contributed by atoms with Crippen LogP contribution in [0.4, 0.5) is 5.69 Å². The topological polar surface area (TPSA) is 52.1 Å². The van der Waals surface area contributed by atoms with E-state index in [1.54, 1.807) is 13.4 Å². The van der Waals surface area contributed by atoms with Crippen LogP contribution in [-0.4, -0.2) is 32.8 Å². The molecule has 1 saturated carbocycles. The molecule has 0 spiro atoms. The Morgan fingerprint density at radius 3 is 2.86 bits per heavy atom. The lowest BCUT2D eigenvalue weighted by Gasteiger charge is -2.18. The van der Waals surface area contributed by atoms with Crippen molar-refractivity contribution in [2.45, 2.75) is 38.3 Å². The normalized spacial score (nSPS) is 17.4. The predicted molar refractivity (Wildman–Crippen MR) is 82.5 cm³/mol. The summed E-state index contributed by atoms with van der Waals surface area (Å²) >= 11 is 0. The van der Waals surface area contributed by atoms with Crippen molar-refractivity contribution in [3.63, 3.8) is 0 Å². The van der Waals surface area contributed by atoms with Gasteiger partial charge in [-0.3, -0.25) is 4.99 Å². The highest BCUT2D eigenvalue weighted by Gasteiger charge is 2.16. The molecule has 2 aliphatic rings. The standard InChI is InChI=1S/C16H22N2O3/c1-19-15-8-12-10-17-11-18-14(12)9-16(15)21-7-6-20-13-4-2-3-5-13/h8-9,11,13H,2-7,10H2,1H3,(H,17,18). The molecule has 3 rings (SSSR count). The fraction of sp³-hybridized carbons (Fsp3) is 0.562. The molecule has 1 heterocycles. The lowest BCUT2D eigenvalue weighted by molar-refractivity contribution is 0.0377. The summed E-state index contributed by atoms with van der Waals surface area (Å²) in [6, 6.07) is 3.95. The van der Waals surface area contributed by atoms with E-state index in [1.807, 2.05) is 12.1 Å². The summed E-state index contributed by atoms with van der Waals surface area (Å²) in [5.41, 5.74) is 2.14. The van der Waals surface area contributed by atoms with Crippen molar-refractivity contribution < 1.29 is 14.2 Å². The van der Waals surface area contributed by atoms with E-state index >= 15 is 0 Å². The van der Waals surface area contributed by atoms with E-state index < -0.39 is 0 Å². The van der Waals surface area contributed by atoms with Gasteiger partial charge in [-0.2, -0.15) is 0 Å². The molecule has 0 atom stereocenters. The summed E-state index contributed by atoms with van der Waals surface area (Å²) in [7, 11) is 1.66. The van der Waals surface area contributed by atoms with E-state index in [0.29, 0.717) is 25.9 Å². The van der Waals surface area contributed by atoms with E-state index in [1.165, 1.54) is 25.7 Å². The van der Waals surface area contributed by atoms with Crippen molar-refractivity contribution >= 4 is 12.0 Å². The molecular formula is C16H22N2O3. The average Bonchev–Trinajstić information content (AvgIpc) is 3.04. The zero-order chi connectivity index (χ0) is 14.5. The lowest BCUT2D eigenvalue weighted by Crippen LogP contribution is -2.14. The van der Waals surface area contributed by atoms with Crippen LogP contribution in [0, 0.1) is 0 Å². The number of nitrogens with zero attached hydrogens (tertiary/aromatic N) is 1. The first kappa shape index (κ1) is 14.2. The lowest BCUT2D eigenvalue weighted by atomic mass is 10.1. The summed E-state index contributed by atoms with van der Waals surface area (Å²) in [6.07, 6.45) is 7.09. The second-order valence-corrected chi connectivity index (χ2v) is 5.40. The van der Waals surface area contributed by atoms with Crippen LogP contribution < -0.4 is 14.8 Å². The SMILES string of the molecule is COc1cc2c(cc1OCCOC1CCCC1)NC=NC2. The maximum atomic E-state index is 5.82. The van der Waals surface area contributed by atoms with Gasteiger partial charge < -0.3 is 19.5 Å². The molecule has 0 bridgehead atoms. The van der Waals surface area contributed by atoms with Crippen LogP contribution in [0.25, 0.3) is 0 Å². The third-order valence-corrected chi connectivity index (χ3v) is 3.96. The van der Waals surface area contributed by atoms with Gasteiger partial charge in [0.15, 0.2) is 11.5 Å². The third kappa shape index (κ3) is 3.47. The highest BCUT2D eigenvalue weighted by Crippen LogP contribution is 2.34. The van der Waals surface area contributed by atoms with Crippen LogP contribution in [0.15, 0.2) is 17.1 Å². The molecule has 0 unspecified atom stereocenters. The molecule has 1 fully saturated rings. The quantitative estimate of drug-likeness (QED) is 0.818. The molecule has 1 aromatic rings. The van der Waals surface area contributed by atoms with Gasteiger partial charge in [0.25, 0.3) is 0 Å². The molecule has 5 nitrogen and oxygen atoms in total. The monoisotopic (exact) mass is 290 g/mol. The molecule has 114 valence electrons. The van der Waals surface area contributed by atoms with Crippen LogP contribution in [0.5, 0.6) is 11.5 Å². The van der Waals surface area contributed by atoms with Crippen molar-refractivity contribution in [2.24, 2.45) is 4.99 Å². The van der Waals surface area contributed by atoms with Crippen molar-refractivity contribution in [1.29, 1.82) is 0 Å². The molecule has 1 aliphatic heterocycles. The van der Waals surface area contributed by atoms with E-state index in [-0.39, 0.29) is 0 Å². The molecule has 1 aromatic carbocycles. The minimum atomic E-state index is 0.428. The molecule has 0 radical (unpaired) electrons. The van der Waals surface area contributed by atoms with Gasteiger partial charge in [-0.05, 0) is 18.9 Å². The van der Waals surface area contributed by atoms with Gasteiger partial charge in [0, 0.05) is 17.3 Å². The second kappa shape index (κ2) is 6.80. The first-order chi connectivity index (χ1) is 10.4. The van der Waals surface area contributed by atoms with E-state index in [9.17, 15) is 0 Å². The van der Waals surface area contributed by atoms with Crippen LogP contribution in [0.2, 0.25) is 0 Å². The molecule has 5 heteroatoms. The Kier molecular flexibility index (Phi) is 4.60. The Bertz CT molecular complexity index is 510. The number of benzene rings is 1. The predicted octanol–water partition coefficient (Wildman–Crippen LogP) is 2.99. The number of ether oxygens (including phenoxy) is 3. The summed E-state index contributed by atoms with van der Waals surface area (Å²) < 4.78 is 17.0. The second-order valence-electron chi connectivity index (χ2n) is 5.40. The molecule has 0 aromatic heterocycles. The van der Waals surface area contributed by atoms with Gasteiger partial charge in [0.1, 0.15) is 6.61 Å². The number of fused-ring (bicyclic) bond motifs is 1. The number of methoxy groups -OCH3 is 1. The van der Waals surface area contributed by atoms with Crippen molar-refractivity contribution in [1.82, 2.24) is 0 Å². The number of anilines is 1. The molecular weight excluding hydrogens is 268 g/mol. The third-order valence-electron chi connectivity index (χ3n) is 3.96. The minimum absolute atomic E-state index is 0.428. The number of hydrogen-bond donors (Lipinski definition) is 1. The zero-order valence-electron chi connectivity index (χ0n) is 12.4. The van der Waals surface area contributed by atoms with Crippen LogP contribution in [0.3, 0.4) is 0 Å². The fourth-order valence-corrected chi connectivity index (χ4v) is 2.82. The molecule has 21 heavy (non-hydrogen) atoms. The number of nitrogens with one attached hydrogen (secondary N) is 1. The highest BCUT2D eigenvalue weighted by atomic mass is 16.5. The van der Waals surface area contributed by atoms with Gasteiger partial charge in [-0.15, -0.1) is 0 Å². The van der Waals surface area contributed by atoms with Crippen LogP contribution >= 0.6 is 0 Å². The number of hydrogen-bond acceptors (Lipinski definition) is 5. The molecule has 0 amide bonds. The van der Waals surface area contributed by atoms with E-state index in [4.69, 9.17) is 14.2 Å². The van der Waals surface area contributed by atoms with Gasteiger partial charge in [-0.25, -0.2) is 0 Å². The minimum Gasteiger partial charge on any atom is -0.493 e. The van der Waals surface area contributed by atoms with Gasteiger partial charge in [0.2, 0.25) is 0 Å². The summed E-state index contributed by atoms with van der Waals surface area (Å²) in [5, 5.41) is 3.13. The zero-order valence-corrected chi connectivity index (χ0v) is 12.4. The molecule has 1 aliphatic carbocycles. The number of aliphatic imine (C=N–C) groups is 1. The summed E-state index contributed by atoms with van der Waals surface area (Å²) in [5.74, 6) is 1.49. The Morgan fingerprint density at radius 2 is 2.05 bits per heavy atom. The molecule has 0 saturated heterocycles. The summed E-state index contributed by atoms with van der Waals surface area (Å²) in [6.45, 7) is 1.84. The Labute approximate surface area is 125 Å². The van der Waals surface area contributed by atoms with Crippen molar-refractivity contribution in [2.75, 3.05) is 25.6 Å². The highest BCUT2D eigenvalue weighted by molar-refractivity contribution is 5.81. The first-order valence-corrected chi connectivity index (χ1v) is 7.57. The maximum absolute atomic E-state index is 5.82. The largest absolute Gasteiger partial charge is 0.493 e. The van der Waals surface area contributed by atoms with Crippen LogP contribution in [0.1, 0.15) is 31.2 Å². The van der Waals surface area contributed by atoms with Crippen LogP contribution in [-0.2, 0) is 11.3 Å². The van der Waals surface area contributed by atoms with Gasteiger partial charge in [0.05, 0.1) is 32.7 Å². The molecule has 1 N–H and O–H groups in total. The number of rotatable bonds is 6. The maximum Gasteiger partial charge on any atom is 0.163 e. The Balaban J connectivity index is 1.56. The van der Waals surface area contributed by atoms with Crippen molar-refractivity contribution in [3.05, 3.63) is 17.7 Å². The Morgan fingerprint density at radius 1 is 1.19 bits per heavy atom. The van der Waals surface area contributed by atoms with E-state index in [2.05, 4.69) is 10.3 Å². The smallest absolute Gasteiger partial charge is 0.163 e. The average molecular weight is 290 g/mol. The van der Waals surface area contributed by atoms with Gasteiger partial charge in [-0.1, -0.05) is 12.8 Å². The fourth-order valence-electron chi connectivity index (χ4n) is 2.82. The summed E-state index contributed by atoms with van der Waals surface area (Å²) in [4.78, 5) is 4.19. The van der Waals surface area contributed by atoms with E-state index in [0.717, 1.165) is 22.7 Å². The van der Waals surface area contributed by atoms with Gasteiger partial charge >= 0.3 is 0 Å². The Hall–Kier alpha value is -1.75.